The average molecular weight is 669 g/mol. The molecule has 4 fully saturated rings. The summed E-state index contributed by atoms with van der Waals surface area (Å²) in [5, 5.41) is 2.86. The molecule has 0 spiro atoms. The lowest BCUT2D eigenvalue weighted by Gasteiger charge is -2.36. The highest BCUT2D eigenvalue weighted by molar-refractivity contribution is 5.92. The van der Waals surface area contributed by atoms with E-state index in [1.54, 1.807) is 18.2 Å². The number of halogens is 2. The van der Waals surface area contributed by atoms with Gasteiger partial charge in [0.1, 0.15) is 29.7 Å². The molecule has 5 aliphatic rings. The number of alkyl halides is 2. The topological polar surface area (TPSA) is 120 Å². The Bertz CT molecular complexity index is 1630. The molecule has 1 aromatic carbocycles. The fourth-order valence-corrected chi connectivity index (χ4v) is 8.98. The van der Waals surface area contributed by atoms with Gasteiger partial charge in [-0.2, -0.15) is 0 Å². The van der Waals surface area contributed by atoms with Gasteiger partial charge in [-0.1, -0.05) is 34.1 Å². The van der Waals surface area contributed by atoms with Crippen LogP contribution >= 0.6 is 0 Å². The number of benzene rings is 1. The number of carbonyl (C=O) groups excluding carboxylic acids is 3. The molecule has 4 unspecified atom stereocenters. The van der Waals surface area contributed by atoms with Crippen LogP contribution in [0.25, 0.3) is 11.0 Å². The van der Waals surface area contributed by atoms with Crippen LogP contribution in [0.4, 0.5) is 13.6 Å². The molecule has 3 saturated carbocycles. The molecule has 1 N–H and O–H groups in total. The molecule has 48 heavy (non-hydrogen) atoms. The lowest BCUT2D eigenvalue weighted by molar-refractivity contribution is -0.141. The predicted molar refractivity (Wildman–Crippen MR) is 172 cm³/mol. The maximum absolute atomic E-state index is 15.7. The number of nitrogens with one attached hydrogen (secondary N) is 1. The first-order chi connectivity index (χ1) is 22.7. The molecule has 12 heteroatoms. The van der Waals surface area contributed by atoms with E-state index in [1.165, 1.54) is 18.9 Å². The number of hydrogen-bond donors (Lipinski definition) is 1. The number of hydrogen-bond acceptors (Lipinski definition) is 8. The minimum absolute atomic E-state index is 0.00477. The van der Waals surface area contributed by atoms with Crippen LogP contribution in [0.2, 0.25) is 0 Å². The molecule has 10 atom stereocenters. The van der Waals surface area contributed by atoms with E-state index in [4.69, 9.17) is 24.2 Å². The molecule has 1 aromatic heterocycles. The second-order valence-corrected chi connectivity index (χ2v) is 15.7. The van der Waals surface area contributed by atoms with Crippen molar-refractivity contribution >= 4 is 28.8 Å². The molecule has 3 heterocycles. The third-order valence-corrected chi connectivity index (χ3v) is 11.6. The summed E-state index contributed by atoms with van der Waals surface area (Å²) < 4.78 is 49.3. The van der Waals surface area contributed by atoms with E-state index >= 15 is 8.78 Å². The molecule has 1 saturated heterocycles. The van der Waals surface area contributed by atoms with E-state index in [2.05, 4.69) is 5.32 Å². The normalized spacial score (nSPS) is 35.9. The van der Waals surface area contributed by atoms with Gasteiger partial charge in [0.25, 0.3) is 5.92 Å². The van der Waals surface area contributed by atoms with Gasteiger partial charge in [-0.3, -0.25) is 9.59 Å². The average Bonchev–Trinajstić information content (AvgIpc) is 3.78. The number of aromatic nitrogens is 2. The second-order valence-electron chi connectivity index (χ2n) is 15.7. The molecule has 2 bridgehead atoms. The van der Waals surface area contributed by atoms with Gasteiger partial charge < -0.3 is 24.4 Å². The van der Waals surface area contributed by atoms with Crippen LogP contribution in [-0.4, -0.2) is 76.5 Å². The Labute approximate surface area is 279 Å². The van der Waals surface area contributed by atoms with Gasteiger partial charge in [0.05, 0.1) is 36.6 Å². The Kier molecular flexibility index (Phi) is 8.09. The van der Waals surface area contributed by atoms with E-state index in [0.29, 0.717) is 54.3 Å². The van der Waals surface area contributed by atoms with Gasteiger partial charge in [-0.15, -0.1) is 0 Å². The number of amides is 2. The molecule has 260 valence electrons. The number of ether oxygens (including phenoxy) is 3. The Balaban J connectivity index is 1.31. The molecule has 2 amide bonds. The van der Waals surface area contributed by atoms with Crippen molar-refractivity contribution in [3.63, 3.8) is 0 Å². The molecular weight excluding hydrogens is 622 g/mol. The van der Waals surface area contributed by atoms with Crippen LogP contribution in [-0.2, 0) is 14.3 Å². The van der Waals surface area contributed by atoms with Crippen molar-refractivity contribution in [2.75, 3.05) is 13.7 Å². The molecule has 0 radical (unpaired) electrons. The van der Waals surface area contributed by atoms with Gasteiger partial charge in [-0.05, 0) is 74.3 Å². The smallest absolute Gasteiger partial charge is 0.408 e. The number of alkyl carbamates (subject to hydrolysis) is 1. The van der Waals surface area contributed by atoms with Crippen molar-refractivity contribution in [3.8, 4) is 11.6 Å². The summed E-state index contributed by atoms with van der Waals surface area (Å²) in [6.07, 6.45) is 2.12. The quantitative estimate of drug-likeness (QED) is 0.429. The van der Waals surface area contributed by atoms with E-state index in [1.807, 2.05) is 27.7 Å². The molecule has 2 aromatic rings. The molecule has 10 nitrogen and oxygen atoms in total. The number of rotatable bonds is 3. The monoisotopic (exact) mass is 668 g/mol. The number of Topliss-reactive ketones (excluding diaryl/α,β-unsaturated/α-hetero) is 1. The van der Waals surface area contributed by atoms with E-state index < -0.39 is 59.3 Å². The second kappa shape index (κ2) is 11.8. The van der Waals surface area contributed by atoms with Crippen LogP contribution in [0.3, 0.4) is 0 Å². The Morgan fingerprint density at radius 3 is 2.54 bits per heavy atom. The van der Waals surface area contributed by atoms with Crippen molar-refractivity contribution in [2.24, 2.45) is 35.0 Å². The van der Waals surface area contributed by atoms with Crippen LogP contribution in [0.15, 0.2) is 18.2 Å². The zero-order chi connectivity index (χ0) is 34.3. The van der Waals surface area contributed by atoms with Crippen LogP contribution in [0.1, 0.15) is 84.8 Å². The lowest BCUT2D eigenvalue weighted by Crippen LogP contribution is -2.57. The maximum Gasteiger partial charge on any atom is 0.408 e. The third kappa shape index (κ3) is 5.66. The number of carbonyl (C=O) groups is 3. The van der Waals surface area contributed by atoms with Crippen LogP contribution in [0, 0.1) is 35.0 Å². The van der Waals surface area contributed by atoms with E-state index in [9.17, 15) is 14.4 Å². The van der Waals surface area contributed by atoms with Crippen LogP contribution < -0.4 is 14.8 Å². The standard InChI is InChI=1S/C36H46F2N4O6/c1-7-20-27-16-42(30(20)17(2)43)33(44)31(35(3,4)5)41-34(45)48-26-14-18-13-22(18)21(26)9-8-10-23-28(36(23,37)38)29-32(47-27)40-25-15-19(46-6)11-12-24(25)39-29/h11-12,15,18,20-23,26-28,30-31H,7-10,13-14,16H2,1-6H3,(H,41,45)/t18?,20-,21-,22?,23?,26-,27+,28?,30-,31-/m1/s1. The minimum Gasteiger partial charge on any atom is -0.497 e. The highest BCUT2D eigenvalue weighted by Gasteiger charge is 2.70. The van der Waals surface area contributed by atoms with Crippen molar-refractivity contribution < 1.29 is 37.4 Å². The van der Waals surface area contributed by atoms with Gasteiger partial charge in [-0.25, -0.2) is 23.5 Å². The summed E-state index contributed by atoms with van der Waals surface area (Å²) in [6, 6.07) is 3.28. The molecule has 3 aliphatic carbocycles. The first kappa shape index (κ1) is 33.0. The summed E-state index contributed by atoms with van der Waals surface area (Å²) in [5.74, 6) is -4.65. The third-order valence-electron chi connectivity index (χ3n) is 11.6. The van der Waals surface area contributed by atoms with Crippen LogP contribution in [0.5, 0.6) is 11.6 Å². The van der Waals surface area contributed by atoms with Crippen molar-refractivity contribution in [3.05, 3.63) is 23.9 Å². The summed E-state index contributed by atoms with van der Waals surface area (Å²) in [5.41, 5.74) is 0.276. The van der Waals surface area contributed by atoms with Gasteiger partial charge in [0.15, 0.2) is 5.78 Å². The number of fused-ring (bicyclic) bond motifs is 9. The largest absolute Gasteiger partial charge is 0.497 e. The fraction of sp³-hybridized carbons (Fsp3) is 0.694. The first-order valence-corrected chi connectivity index (χ1v) is 17.4. The SMILES string of the molecule is CC[C@@H]1[C@@H]2CN(C(=O)[C@H](C(C)(C)C)NC(=O)O[C@@H]3CC4CC4[C@H]3CCCC3C(c4nc5ccc(OC)cc5nc4O2)C3(F)F)[C@@H]1C(C)=O. The summed E-state index contributed by atoms with van der Waals surface area (Å²) in [4.78, 5) is 52.0. The molecular formula is C36H46F2N4O6. The van der Waals surface area contributed by atoms with Crippen molar-refractivity contribution in [2.45, 2.75) is 109 Å². The Morgan fingerprint density at radius 2 is 1.85 bits per heavy atom. The van der Waals surface area contributed by atoms with E-state index in [-0.39, 0.29) is 35.9 Å². The van der Waals surface area contributed by atoms with Gasteiger partial charge >= 0.3 is 6.09 Å². The van der Waals surface area contributed by atoms with Crippen molar-refractivity contribution in [1.82, 2.24) is 20.2 Å². The van der Waals surface area contributed by atoms with E-state index in [0.717, 1.165) is 12.8 Å². The zero-order valence-corrected chi connectivity index (χ0v) is 28.5. The minimum atomic E-state index is -2.99. The Hall–Kier alpha value is -3.57. The summed E-state index contributed by atoms with van der Waals surface area (Å²) >= 11 is 0. The summed E-state index contributed by atoms with van der Waals surface area (Å²) in [7, 11) is 1.53. The molecule has 7 rings (SSSR count). The number of methoxy groups -OCH3 is 1. The fourth-order valence-electron chi connectivity index (χ4n) is 8.98. The number of nitrogens with zero attached hydrogens (tertiary/aromatic N) is 3. The highest BCUT2D eigenvalue weighted by Crippen LogP contribution is 2.65. The molecule has 2 aliphatic heterocycles. The zero-order valence-electron chi connectivity index (χ0n) is 28.5. The Morgan fingerprint density at radius 1 is 1.08 bits per heavy atom. The predicted octanol–water partition coefficient (Wildman–Crippen LogP) is 5.91. The number of ketones is 1. The first-order valence-electron chi connectivity index (χ1n) is 17.4. The summed E-state index contributed by atoms with van der Waals surface area (Å²) in [6.45, 7) is 8.93. The van der Waals surface area contributed by atoms with Gasteiger partial charge in [0, 0.05) is 17.9 Å². The maximum atomic E-state index is 15.7. The van der Waals surface area contributed by atoms with Gasteiger partial charge in [0.2, 0.25) is 11.8 Å². The lowest BCUT2D eigenvalue weighted by atomic mass is 9.85. The highest BCUT2D eigenvalue weighted by atomic mass is 19.3. The van der Waals surface area contributed by atoms with Crippen molar-refractivity contribution in [1.29, 1.82) is 0 Å².